The first-order valence-electron chi connectivity index (χ1n) is 8.33. The van der Waals surface area contributed by atoms with Crippen LogP contribution < -0.4 is 27.7 Å². The van der Waals surface area contributed by atoms with Gasteiger partial charge in [-0.05, 0) is 17.7 Å². The molecule has 0 bridgehead atoms. The maximum atomic E-state index is 12.0. The highest BCUT2D eigenvalue weighted by atomic mass is 16.5. The molecule has 148 valence electrons. The van der Waals surface area contributed by atoms with E-state index in [0.29, 0.717) is 0 Å². The predicted octanol–water partition coefficient (Wildman–Crippen LogP) is 1.33. The summed E-state index contributed by atoms with van der Waals surface area (Å²) in [4.78, 5) is 45.7. The zero-order valence-corrected chi connectivity index (χ0v) is 15.0. The van der Waals surface area contributed by atoms with E-state index in [9.17, 15) is 14.4 Å². The molecule has 0 spiro atoms. The number of ether oxygens (including phenoxy) is 1. The maximum absolute atomic E-state index is 12.0. The fraction of sp³-hybridized carbons (Fsp3) is 0.0556. The number of hydrogen-bond donors (Lipinski definition) is 5. The molecule has 11 heteroatoms. The van der Waals surface area contributed by atoms with Gasteiger partial charge in [0.1, 0.15) is 12.3 Å². The molecule has 2 aromatic heterocycles. The van der Waals surface area contributed by atoms with Gasteiger partial charge in [-0.25, -0.2) is 14.6 Å². The first-order chi connectivity index (χ1) is 13.9. The monoisotopic (exact) mass is 395 g/mol. The van der Waals surface area contributed by atoms with Crippen molar-refractivity contribution in [3.05, 3.63) is 70.3 Å². The zero-order chi connectivity index (χ0) is 20.8. The molecule has 2 heterocycles. The molecule has 0 unspecified atom stereocenters. The fourth-order valence-electron chi connectivity index (χ4n) is 2.29. The van der Waals surface area contributed by atoms with Gasteiger partial charge in [-0.3, -0.25) is 15.1 Å². The summed E-state index contributed by atoms with van der Waals surface area (Å²) in [5.41, 5.74) is 11.2. The first kappa shape index (κ1) is 19.4. The Balaban J connectivity index is 1.58. The first-order valence-corrected chi connectivity index (χ1v) is 8.33. The Morgan fingerprint density at radius 2 is 1.83 bits per heavy atom. The lowest BCUT2D eigenvalue weighted by atomic mass is 10.2. The van der Waals surface area contributed by atoms with Gasteiger partial charge in [0, 0.05) is 0 Å². The number of anilines is 4. The summed E-state index contributed by atoms with van der Waals surface area (Å²) in [7, 11) is 0. The van der Waals surface area contributed by atoms with Gasteiger partial charge in [0.25, 0.3) is 5.56 Å². The van der Waals surface area contributed by atoms with Crippen molar-refractivity contribution < 1.29 is 14.3 Å². The number of esters is 1. The number of nitrogens with two attached hydrogens (primary N) is 2. The van der Waals surface area contributed by atoms with Crippen molar-refractivity contribution in [2.24, 2.45) is 0 Å². The summed E-state index contributed by atoms with van der Waals surface area (Å²) >= 11 is 0. The van der Waals surface area contributed by atoms with Crippen molar-refractivity contribution in [1.82, 2.24) is 15.0 Å². The molecule has 0 aliphatic rings. The van der Waals surface area contributed by atoms with Gasteiger partial charge in [0.2, 0.25) is 5.95 Å². The molecule has 0 radical (unpaired) electrons. The topological polar surface area (TPSA) is 178 Å². The SMILES string of the molecule is Nc1nc(N)c(NC(=O)Nc2ccc(C(=O)OCc3ccccc3)nc2)c(=O)[nH]1. The molecule has 3 aromatic rings. The number of nitrogens with one attached hydrogen (secondary N) is 3. The number of H-pyrrole nitrogens is 1. The molecule has 0 saturated carbocycles. The van der Waals surface area contributed by atoms with Crippen molar-refractivity contribution >= 4 is 35.1 Å². The number of hydrogen-bond acceptors (Lipinski definition) is 8. The Morgan fingerprint density at radius 1 is 1.07 bits per heavy atom. The van der Waals surface area contributed by atoms with E-state index in [0.717, 1.165) is 5.56 Å². The van der Waals surface area contributed by atoms with Crippen LogP contribution in [-0.4, -0.2) is 27.0 Å². The van der Waals surface area contributed by atoms with E-state index in [2.05, 4.69) is 25.6 Å². The molecule has 0 fully saturated rings. The molecule has 3 rings (SSSR count). The molecule has 11 nitrogen and oxygen atoms in total. The van der Waals surface area contributed by atoms with Crippen LogP contribution in [0, 0.1) is 0 Å². The Kier molecular flexibility index (Phi) is 5.69. The number of rotatable bonds is 5. The number of carbonyl (C=O) groups excluding carboxylic acids is 2. The van der Waals surface area contributed by atoms with Gasteiger partial charge in [-0.1, -0.05) is 30.3 Å². The summed E-state index contributed by atoms with van der Waals surface area (Å²) in [6, 6.07) is 11.3. The highest BCUT2D eigenvalue weighted by Gasteiger charge is 2.13. The number of urea groups is 1. The minimum Gasteiger partial charge on any atom is -0.456 e. The molecule has 0 atom stereocenters. The van der Waals surface area contributed by atoms with Gasteiger partial charge in [0.05, 0.1) is 11.9 Å². The van der Waals surface area contributed by atoms with Gasteiger partial charge in [0.15, 0.2) is 11.5 Å². The second kappa shape index (κ2) is 8.52. The highest BCUT2D eigenvalue weighted by molar-refractivity contribution is 6.01. The van der Waals surface area contributed by atoms with Crippen LogP contribution in [0.5, 0.6) is 0 Å². The van der Waals surface area contributed by atoms with Crippen molar-refractivity contribution in [3.63, 3.8) is 0 Å². The van der Waals surface area contributed by atoms with Gasteiger partial charge in [-0.2, -0.15) is 4.98 Å². The second-order valence-electron chi connectivity index (χ2n) is 5.78. The molecule has 0 aliphatic carbocycles. The Bertz CT molecular complexity index is 1080. The quantitative estimate of drug-likeness (QED) is 0.401. The number of pyridine rings is 1. The lowest BCUT2D eigenvalue weighted by Crippen LogP contribution is -2.26. The minimum absolute atomic E-state index is 0.0790. The lowest BCUT2D eigenvalue weighted by Gasteiger charge is -2.09. The molecule has 0 saturated heterocycles. The number of aromatic amines is 1. The Morgan fingerprint density at radius 3 is 2.48 bits per heavy atom. The molecule has 7 N–H and O–H groups in total. The summed E-state index contributed by atoms with van der Waals surface area (Å²) in [6.45, 7) is 0.120. The third-order valence-electron chi connectivity index (χ3n) is 3.65. The molecule has 2 amide bonds. The van der Waals surface area contributed by atoms with Crippen LogP contribution in [0.4, 0.5) is 27.9 Å². The summed E-state index contributed by atoms with van der Waals surface area (Å²) < 4.78 is 5.18. The van der Waals surface area contributed by atoms with Gasteiger partial charge >= 0.3 is 12.0 Å². The van der Waals surface area contributed by atoms with E-state index in [1.165, 1.54) is 18.3 Å². The Labute approximate surface area is 164 Å². The van der Waals surface area contributed by atoms with E-state index in [-0.39, 0.29) is 35.4 Å². The average Bonchev–Trinajstić information content (AvgIpc) is 2.70. The summed E-state index contributed by atoms with van der Waals surface area (Å²) in [5, 5.41) is 4.73. The fourth-order valence-corrected chi connectivity index (χ4v) is 2.29. The van der Waals surface area contributed by atoms with Crippen LogP contribution >= 0.6 is 0 Å². The largest absolute Gasteiger partial charge is 0.456 e. The van der Waals surface area contributed by atoms with Crippen LogP contribution in [0.25, 0.3) is 0 Å². The number of aromatic nitrogens is 3. The van der Waals surface area contributed by atoms with Crippen LogP contribution in [0.2, 0.25) is 0 Å². The molecule has 1 aromatic carbocycles. The van der Waals surface area contributed by atoms with Crippen molar-refractivity contribution in [3.8, 4) is 0 Å². The summed E-state index contributed by atoms with van der Waals surface area (Å²) in [6.07, 6.45) is 1.27. The standard InChI is InChI=1S/C18H17N7O4/c19-14-13(15(26)25-17(20)24-14)23-18(28)22-11-6-7-12(21-8-11)16(27)29-9-10-4-2-1-3-5-10/h1-8H,9H2,(H2,22,23,28)(H5,19,20,24,25,26). The third-order valence-corrected chi connectivity index (χ3v) is 3.65. The number of nitrogens with zero attached hydrogens (tertiary/aromatic N) is 2. The van der Waals surface area contributed by atoms with Crippen LogP contribution in [0.3, 0.4) is 0 Å². The van der Waals surface area contributed by atoms with Gasteiger partial charge in [-0.15, -0.1) is 0 Å². The molecule has 0 aliphatic heterocycles. The molecular weight excluding hydrogens is 378 g/mol. The third kappa shape index (κ3) is 5.07. The van der Waals surface area contributed by atoms with E-state index >= 15 is 0 Å². The minimum atomic E-state index is -0.755. The number of benzene rings is 1. The second-order valence-corrected chi connectivity index (χ2v) is 5.78. The van der Waals surface area contributed by atoms with E-state index < -0.39 is 17.6 Å². The number of carbonyl (C=O) groups is 2. The van der Waals surface area contributed by atoms with Crippen molar-refractivity contribution in [2.45, 2.75) is 6.61 Å². The molecule has 29 heavy (non-hydrogen) atoms. The molecular formula is C18H17N7O4. The number of nitrogen functional groups attached to an aromatic ring is 2. The zero-order valence-electron chi connectivity index (χ0n) is 15.0. The van der Waals surface area contributed by atoms with Crippen LogP contribution in [0.15, 0.2) is 53.5 Å². The van der Waals surface area contributed by atoms with E-state index in [4.69, 9.17) is 16.2 Å². The van der Waals surface area contributed by atoms with Crippen molar-refractivity contribution in [2.75, 3.05) is 22.1 Å². The van der Waals surface area contributed by atoms with Crippen molar-refractivity contribution in [1.29, 1.82) is 0 Å². The van der Waals surface area contributed by atoms with E-state index in [1.54, 1.807) is 0 Å². The number of amides is 2. The predicted molar refractivity (Wildman–Crippen MR) is 106 cm³/mol. The Hall–Kier alpha value is -4.41. The van der Waals surface area contributed by atoms with Crippen LogP contribution in [0.1, 0.15) is 16.1 Å². The van der Waals surface area contributed by atoms with E-state index in [1.807, 2.05) is 30.3 Å². The summed E-state index contributed by atoms with van der Waals surface area (Å²) in [5.74, 6) is -0.995. The van der Waals surface area contributed by atoms with Gasteiger partial charge < -0.3 is 21.5 Å². The highest BCUT2D eigenvalue weighted by Crippen LogP contribution is 2.12. The van der Waals surface area contributed by atoms with Crippen LogP contribution in [-0.2, 0) is 11.3 Å². The normalized spacial score (nSPS) is 10.2. The lowest BCUT2D eigenvalue weighted by molar-refractivity contribution is 0.0466. The smallest absolute Gasteiger partial charge is 0.357 e. The maximum Gasteiger partial charge on any atom is 0.357 e. The average molecular weight is 395 g/mol.